The van der Waals surface area contributed by atoms with Crippen LogP contribution in [0.1, 0.15) is 51.7 Å². The normalized spacial score (nSPS) is 13.1. The van der Waals surface area contributed by atoms with Crippen molar-refractivity contribution in [1.82, 2.24) is 5.32 Å². The molecule has 0 bridgehead atoms. The summed E-state index contributed by atoms with van der Waals surface area (Å²) in [5.74, 6) is 0.282. The van der Waals surface area contributed by atoms with Crippen LogP contribution in [-0.2, 0) is 10.2 Å². The molecule has 106 valence electrons. The number of amides is 1. The smallest absolute Gasteiger partial charge is 0.222 e. The van der Waals surface area contributed by atoms with Crippen LogP contribution in [0.15, 0.2) is 24.3 Å². The maximum atomic E-state index is 11.7. The molecule has 19 heavy (non-hydrogen) atoms. The van der Waals surface area contributed by atoms with E-state index in [1.807, 2.05) is 13.8 Å². The third-order valence-electron chi connectivity index (χ3n) is 3.94. The Bertz CT molecular complexity index is 406. The number of nitrogens with one attached hydrogen (secondary N) is 1. The SMILES string of the molecule is CCC(C)C(=O)NCCC(C)(C)c1ccc(C)cc1. The van der Waals surface area contributed by atoms with Crippen LogP contribution in [0.3, 0.4) is 0 Å². The van der Waals surface area contributed by atoms with Crippen LogP contribution in [0, 0.1) is 12.8 Å². The predicted octanol–water partition coefficient (Wildman–Crippen LogP) is 3.83. The highest BCUT2D eigenvalue weighted by atomic mass is 16.1. The van der Waals surface area contributed by atoms with Crippen LogP contribution < -0.4 is 5.32 Å². The van der Waals surface area contributed by atoms with Crippen molar-refractivity contribution in [1.29, 1.82) is 0 Å². The van der Waals surface area contributed by atoms with Gasteiger partial charge in [0.25, 0.3) is 0 Å². The minimum absolute atomic E-state index is 0.0937. The van der Waals surface area contributed by atoms with Gasteiger partial charge in [-0.1, -0.05) is 57.5 Å². The van der Waals surface area contributed by atoms with Crippen LogP contribution >= 0.6 is 0 Å². The van der Waals surface area contributed by atoms with E-state index in [1.54, 1.807) is 0 Å². The van der Waals surface area contributed by atoms with Crippen LogP contribution in [0.5, 0.6) is 0 Å². The van der Waals surface area contributed by atoms with Gasteiger partial charge in [-0.3, -0.25) is 4.79 Å². The van der Waals surface area contributed by atoms with Crippen molar-refractivity contribution >= 4 is 5.91 Å². The van der Waals surface area contributed by atoms with Gasteiger partial charge in [-0.2, -0.15) is 0 Å². The van der Waals surface area contributed by atoms with Crippen molar-refractivity contribution in [3.8, 4) is 0 Å². The predicted molar refractivity (Wildman–Crippen MR) is 81.3 cm³/mol. The van der Waals surface area contributed by atoms with Crippen LogP contribution in [0.25, 0.3) is 0 Å². The summed E-state index contributed by atoms with van der Waals surface area (Å²) in [7, 11) is 0. The molecule has 0 saturated carbocycles. The zero-order valence-electron chi connectivity index (χ0n) is 12.9. The summed E-state index contributed by atoms with van der Waals surface area (Å²) in [6.07, 6.45) is 1.85. The quantitative estimate of drug-likeness (QED) is 0.828. The fraction of sp³-hybridized carbons (Fsp3) is 0.588. The Morgan fingerprint density at radius 2 is 1.84 bits per heavy atom. The van der Waals surface area contributed by atoms with Gasteiger partial charge in [-0.05, 0) is 30.7 Å². The highest BCUT2D eigenvalue weighted by Gasteiger charge is 2.20. The maximum absolute atomic E-state index is 11.7. The average Bonchev–Trinajstić information content (AvgIpc) is 2.37. The van der Waals surface area contributed by atoms with E-state index in [9.17, 15) is 4.79 Å². The van der Waals surface area contributed by atoms with E-state index in [-0.39, 0.29) is 17.2 Å². The molecule has 1 N–H and O–H groups in total. The number of hydrogen-bond donors (Lipinski definition) is 1. The van der Waals surface area contributed by atoms with Gasteiger partial charge in [0.15, 0.2) is 0 Å². The monoisotopic (exact) mass is 261 g/mol. The second-order valence-corrected chi connectivity index (χ2v) is 6.10. The van der Waals surface area contributed by atoms with Crippen molar-refractivity contribution in [3.63, 3.8) is 0 Å². The second-order valence-electron chi connectivity index (χ2n) is 6.10. The molecule has 0 aliphatic heterocycles. The van der Waals surface area contributed by atoms with Gasteiger partial charge in [-0.25, -0.2) is 0 Å². The Labute approximate surface area is 117 Å². The van der Waals surface area contributed by atoms with E-state index in [0.717, 1.165) is 19.4 Å². The van der Waals surface area contributed by atoms with Crippen molar-refractivity contribution < 1.29 is 4.79 Å². The molecule has 0 aliphatic rings. The lowest BCUT2D eigenvalue weighted by Crippen LogP contribution is -2.33. The Morgan fingerprint density at radius 1 is 1.26 bits per heavy atom. The first-order valence-corrected chi connectivity index (χ1v) is 7.21. The lowest BCUT2D eigenvalue weighted by Gasteiger charge is -2.26. The fourth-order valence-electron chi connectivity index (χ4n) is 2.01. The molecule has 1 rings (SSSR count). The number of carbonyl (C=O) groups is 1. The molecule has 1 atom stereocenters. The third kappa shape index (κ3) is 4.70. The van der Waals surface area contributed by atoms with Crippen molar-refractivity contribution in [3.05, 3.63) is 35.4 Å². The van der Waals surface area contributed by atoms with Gasteiger partial charge in [-0.15, -0.1) is 0 Å². The highest BCUT2D eigenvalue weighted by Crippen LogP contribution is 2.26. The molecule has 2 nitrogen and oxygen atoms in total. The summed E-state index contributed by atoms with van der Waals surface area (Å²) in [6.45, 7) is 11.3. The van der Waals surface area contributed by atoms with Gasteiger partial charge < -0.3 is 5.32 Å². The molecular weight excluding hydrogens is 234 g/mol. The number of benzene rings is 1. The van der Waals surface area contributed by atoms with E-state index < -0.39 is 0 Å². The number of rotatable bonds is 6. The van der Waals surface area contributed by atoms with Gasteiger partial charge in [0, 0.05) is 12.5 Å². The topological polar surface area (TPSA) is 29.1 Å². The molecule has 0 aliphatic carbocycles. The van der Waals surface area contributed by atoms with Crippen molar-refractivity contribution in [2.24, 2.45) is 5.92 Å². The Balaban J connectivity index is 2.51. The zero-order valence-corrected chi connectivity index (χ0v) is 12.9. The third-order valence-corrected chi connectivity index (χ3v) is 3.94. The maximum Gasteiger partial charge on any atom is 0.222 e. The molecule has 0 saturated heterocycles. The summed E-state index contributed by atoms with van der Waals surface area (Å²) in [6, 6.07) is 8.67. The number of hydrogen-bond acceptors (Lipinski definition) is 1. The molecule has 0 heterocycles. The zero-order chi connectivity index (χ0) is 14.5. The van der Waals surface area contributed by atoms with Gasteiger partial charge >= 0.3 is 0 Å². The molecule has 0 fully saturated rings. The molecule has 0 spiro atoms. The number of carbonyl (C=O) groups excluding carboxylic acids is 1. The Morgan fingerprint density at radius 3 is 2.37 bits per heavy atom. The van der Waals surface area contributed by atoms with E-state index in [2.05, 4.69) is 50.4 Å². The van der Waals surface area contributed by atoms with E-state index in [4.69, 9.17) is 0 Å². The average molecular weight is 261 g/mol. The molecular formula is C17H27NO. The summed E-state index contributed by atoms with van der Waals surface area (Å²) < 4.78 is 0. The molecule has 1 amide bonds. The van der Waals surface area contributed by atoms with E-state index >= 15 is 0 Å². The lowest BCUT2D eigenvalue weighted by atomic mass is 9.81. The first kappa shape index (κ1) is 15.7. The molecule has 2 heteroatoms. The van der Waals surface area contributed by atoms with Gasteiger partial charge in [0.05, 0.1) is 0 Å². The molecule has 1 unspecified atom stereocenters. The van der Waals surface area contributed by atoms with Crippen molar-refractivity contribution in [2.45, 2.75) is 52.9 Å². The minimum Gasteiger partial charge on any atom is -0.356 e. The lowest BCUT2D eigenvalue weighted by molar-refractivity contribution is -0.124. The van der Waals surface area contributed by atoms with Gasteiger partial charge in [0.2, 0.25) is 5.91 Å². The Hall–Kier alpha value is -1.31. The molecule has 1 aromatic rings. The van der Waals surface area contributed by atoms with E-state index in [0.29, 0.717) is 0 Å². The molecule has 0 aromatic heterocycles. The highest BCUT2D eigenvalue weighted by molar-refractivity contribution is 5.78. The first-order valence-electron chi connectivity index (χ1n) is 7.21. The Kier molecular flexibility index (Phi) is 5.59. The summed E-state index contributed by atoms with van der Waals surface area (Å²) >= 11 is 0. The molecule has 0 radical (unpaired) electrons. The number of aryl methyl sites for hydroxylation is 1. The minimum atomic E-state index is 0.0937. The molecule has 1 aromatic carbocycles. The second kappa shape index (κ2) is 6.74. The summed E-state index contributed by atoms with van der Waals surface area (Å²) in [4.78, 5) is 11.7. The van der Waals surface area contributed by atoms with Crippen molar-refractivity contribution in [2.75, 3.05) is 6.54 Å². The van der Waals surface area contributed by atoms with Crippen LogP contribution in [-0.4, -0.2) is 12.5 Å². The first-order chi connectivity index (χ1) is 8.86. The van der Waals surface area contributed by atoms with Gasteiger partial charge in [0.1, 0.15) is 0 Å². The largest absolute Gasteiger partial charge is 0.356 e. The standard InChI is InChI=1S/C17H27NO/c1-6-14(3)16(19)18-12-11-17(4,5)15-9-7-13(2)8-10-15/h7-10,14H,6,11-12H2,1-5H3,(H,18,19). The summed E-state index contributed by atoms with van der Waals surface area (Å²) in [5, 5.41) is 3.03. The van der Waals surface area contributed by atoms with Crippen LogP contribution in [0.2, 0.25) is 0 Å². The fourth-order valence-corrected chi connectivity index (χ4v) is 2.01. The summed E-state index contributed by atoms with van der Waals surface area (Å²) in [5.41, 5.74) is 2.71. The van der Waals surface area contributed by atoms with Crippen LogP contribution in [0.4, 0.5) is 0 Å². The van der Waals surface area contributed by atoms with E-state index in [1.165, 1.54) is 11.1 Å².